The van der Waals surface area contributed by atoms with Gasteiger partial charge in [-0.05, 0) is 41.5 Å². The number of pyridine rings is 1. The molecule has 0 saturated heterocycles. The number of aromatic nitrogens is 3. The van der Waals surface area contributed by atoms with E-state index in [-0.39, 0.29) is 0 Å². The summed E-state index contributed by atoms with van der Waals surface area (Å²) >= 11 is 0. The Hall–Kier alpha value is -3.54. The zero-order valence-electron chi connectivity index (χ0n) is 15.9. The second kappa shape index (κ2) is 8.00. The molecule has 2 heterocycles. The van der Waals surface area contributed by atoms with Crippen LogP contribution >= 0.6 is 0 Å². The van der Waals surface area contributed by atoms with Crippen molar-refractivity contribution in [1.29, 1.82) is 0 Å². The summed E-state index contributed by atoms with van der Waals surface area (Å²) < 4.78 is 12.5. The number of hydrogen-bond acceptors (Lipinski definition) is 5. The first-order valence-electron chi connectivity index (χ1n) is 9.06. The lowest BCUT2D eigenvalue weighted by atomic mass is 10.2. The van der Waals surface area contributed by atoms with E-state index in [2.05, 4.69) is 32.0 Å². The van der Waals surface area contributed by atoms with Crippen LogP contribution in [0.15, 0.2) is 67.1 Å². The van der Waals surface area contributed by atoms with Gasteiger partial charge in [0.2, 0.25) is 0 Å². The lowest BCUT2D eigenvalue weighted by Crippen LogP contribution is -2.03. The number of hydrogen-bond donors (Lipinski definition) is 1. The van der Waals surface area contributed by atoms with E-state index in [0.717, 1.165) is 40.5 Å². The molecule has 0 fully saturated rings. The number of rotatable bonds is 7. The Morgan fingerprint density at radius 3 is 2.11 bits per heavy atom. The molecule has 1 N–H and O–H groups in total. The highest BCUT2D eigenvalue weighted by molar-refractivity contribution is 5.85. The van der Waals surface area contributed by atoms with E-state index in [1.807, 2.05) is 55.0 Å². The highest BCUT2D eigenvalue weighted by atomic mass is 16.5. The van der Waals surface area contributed by atoms with Gasteiger partial charge in [-0.3, -0.25) is 0 Å². The van der Waals surface area contributed by atoms with Gasteiger partial charge in [-0.1, -0.05) is 24.3 Å². The summed E-state index contributed by atoms with van der Waals surface area (Å²) in [5.41, 5.74) is 4.24. The quantitative estimate of drug-likeness (QED) is 0.527. The summed E-state index contributed by atoms with van der Waals surface area (Å²) in [6.07, 6.45) is 3.67. The summed E-state index contributed by atoms with van der Waals surface area (Å²) in [7, 11) is 3.34. The first-order chi connectivity index (χ1) is 13.8. The number of fused-ring (bicyclic) bond motifs is 1. The van der Waals surface area contributed by atoms with Crippen LogP contribution in [-0.4, -0.2) is 28.8 Å². The molecule has 2 aromatic carbocycles. The molecule has 0 atom stereocenters. The smallest absolute Gasteiger partial charge is 0.154 e. The third-order valence-electron chi connectivity index (χ3n) is 4.67. The minimum Gasteiger partial charge on any atom is -0.497 e. The normalized spacial score (nSPS) is 10.8. The highest BCUT2D eigenvalue weighted by Gasteiger charge is 2.09. The van der Waals surface area contributed by atoms with Crippen molar-refractivity contribution in [2.24, 2.45) is 0 Å². The molecule has 4 aromatic rings. The molecule has 0 saturated carbocycles. The van der Waals surface area contributed by atoms with Gasteiger partial charge in [-0.2, -0.15) is 0 Å². The summed E-state index contributed by atoms with van der Waals surface area (Å²) in [6, 6.07) is 18.0. The van der Waals surface area contributed by atoms with Crippen LogP contribution in [0.3, 0.4) is 0 Å². The monoisotopic (exact) mass is 374 g/mol. The average Bonchev–Trinajstić information content (AvgIpc) is 3.16. The highest BCUT2D eigenvalue weighted by Crippen LogP contribution is 2.22. The molecular weight excluding hydrogens is 352 g/mol. The van der Waals surface area contributed by atoms with Crippen molar-refractivity contribution in [2.75, 3.05) is 19.5 Å². The molecule has 142 valence electrons. The van der Waals surface area contributed by atoms with E-state index in [9.17, 15) is 0 Å². The van der Waals surface area contributed by atoms with Crippen molar-refractivity contribution in [2.45, 2.75) is 13.1 Å². The van der Waals surface area contributed by atoms with Crippen molar-refractivity contribution in [3.05, 3.63) is 78.2 Å². The van der Waals surface area contributed by atoms with Crippen LogP contribution in [0.1, 0.15) is 11.1 Å². The Kier molecular flexibility index (Phi) is 5.10. The molecule has 28 heavy (non-hydrogen) atoms. The topological polar surface area (TPSA) is 61.2 Å². The third kappa shape index (κ3) is 3.76. The number of methoxy groups -OCH3 is 2. The maximum Gasteiger partial charge on any atom is 0.154 e. The van der Waals surface area contributed by atoms with Crippen LogP contribution in [0.2, 0.25) is 0 Å². The van der Waals surface area contributed by atoms with Crippen molar-refractivity contribution in [3.8, 4) is 11.5 Å². The zero-order valence-corrected chi connectivity index (χ0v) is 15.9. The van der Waals surface area contributed by atoms with Crippen LogP contribution < -0.4 is 14.8 Å². The maximum absolute atomic E-state index is 5.22. The second-order valence-electron chi connectivity index (χ2n) is 6.45. The van der Waals surface area contributed by atoms with Crippen LogP contribution in [0.5, 0.6) is 11.5 Å². The fourth-order valence-electron chi connectivity index (χ4n) is 3.10. The van der Waals surface area contributed by atoms with Gasteiger partial charge in [0.25, 0.3) is 0 Å². The van der Waals surface area contributed by atoms with E-state index < -0.39 is 0 Å². The lowest BCUT2D eigenvalue weighted by molar-refractivity contribution is 0.414. The number of imidazole rings is 1. The molecule has 0 aliphatic carbocycles. The first kappa shape index (κ1) is 17.9. The Bertz CT molecular complexity index is 1060. The number of anilines is 1. The molecule has 6 heteroatoms. The molecule has 6 nitrogen and oxygen atoms in total. The van der Waals surface area contributed by atoms with Crippen LogP contribution in [0.4, 0.5) is 5.82 Å². The molecule has 0 aliphatic rings. The SMILES string of the molecule is COc1ccc(CNc2nccc3c2ncn3Cc2ccc(OC)cc2)cc1. The zero-order chi connectivity index (χ0) is 19.3. The fraction of sp³-hybridized carbons (Fsp3) is 0.182. The molecule has 0 unspecified atom stereocenters. The predicted molar refractivity (Wildman–Crippen MR) is 110 cm³/mol. The summed E-state index contributed by atoms with van der Waals surface area (Å²) in [4.78, 5) is 9.05. The predicted octanol–water partition coefficient (Wildman–Crippen LogP) is 4.11. The summed E-state index contributed by atoms with van der Waals surface area (Å²) in [5.74, 6) is 2.48. The molecule has 0 aliphatic heterocycles. The van der Waals surface area contributed by atoms with Gasteiger partial charge in [0.1, 0.15) is 17.0 Å². The van der Waals surface area contributed by atoms with Gasteiger partial charge in [-0.25, -0.2) is 9.97 Å². The average molecular weight is 374 g/mol. The van der Waals surface area contributed by atoms with E-state index in [1.165, 1.54) is 5.56 Å². The van der Waals surface area contributed by atoms with Crippen LogP contribution in [-0.2, 0) is 13.1 Å². The molecule has 0 spiro atoms. The summed E-state index contributed by atoms with van der Waals surface area (Å²) in [5, 5.41) is 3.39. The number of nitrogens with one attached hydrogen (secondary N) is 1. The molecule has 4 rings (SSSR count). The Balaban J connectivity index is 1.52. The third-order valence-corrected chi connectivity index (χ3v) is 4.67. The largest absolute Gasteiger partial charge is 0.497 e. The molecule has 2 aromatic heterocycles. The minimum atomic E-state index is 0.668. The van der Waals surface area contributed by atoms with Gasteiger partial charge >= 0.3 is 0 Å². The van der Waals surface area contributed by atoms with Gasteiger partial charge in [0, 0.05) is 19.3 Å². The molecule has 0 bridgehead atoms. The number of nitrogens with zero attached hydrogens (tertiary/aromatic N) is 3. The van der Waals surface area contributed by atoms with Gasteiger partial charge in [-0.15, -0.1) is 0 Å². The van der Waals surface area contributed by atoms with Crippen molar-refractivity contribution in [1.82, 2.24) is 14.5 Å². The second-order valence-corrected chi connectivity index (χ2v) is 6.45. The van der Waals surface area contributed by atoms with Crippen molar-refractivity contribution >= 4 is 16.9 Å². The summed E-state index contributed by atoms with van der Waals surface area (Å²) in [6.45, 7) is 1.41. The Labute approximate surface area is 163 Å². The van der Waals surface area contributed by atoms with Gasteiger partial charge in [0.15, 0.2) is 5.82 Å². The first-order valence-corrected chi connectivity index (χ1v) is 9.06. The maximum atomic E-state index is 5.22. The van der Waals surface area contributed by atoms with Crippen LogP contribution in [0, 0.1) is 0 Å². The number of benzene rings is 2. The van der Waals surface area contributed by atoms with Gasteiger partial charge in [0.05, 0.1) is 26.1 Å². The molecule has 0 amide bonds. The molecule has 0 radical (unpaired) electrons. The number of ether oxygens (including phenoxy) is 2. The Morgan fingerprint density at radius 1 is 0.821 bits per heavy atom. The van der Waals surface area contributed by atoms with E-state index in [0.29, 0.717) is 6.54 Å². The minimum absolute atomic E-state index is 0.668. The standard InChI is InChI=1S/C22H22N4O2/c1-27-18-7-3-16(4-8-18)13-24-22-21-20(11-12-23-22)26(15-25-21)14-17-5-9-19(28-2)10-6-17/h3-12,15H,13-14H2,1-2H3,(H,23,24). The fourth-order valence-corrected chi connectivity index (χ4v) is 3.10. The Morgan fingerprint density at radius 2 is 1.46 bits per heavy atom. The van der Waals surface area contributed by atoms with E-state index in [1.54, 1.807) is 14.2 Å². The molecular formula is C22H22N4O2. The van der Waals surface area contributed by atoms with Crippen molar-refractivity contribution in [3.63, 3.8) is 0 Å². The van der Waals surface area contributed by atoms with Gasteiger partial charge < -0.3 is 19.4 Å². The van der Waals surface area contributed by atoms with E-state index in [4.69, 9.17) is 9.47 Å². The van der Waals surface area contributed by atoms with E-state index >= 15 is 0 Å². The lowest BCUT2D eigenvalue weighted by Gasteiger charge is -2.09. The van der Waals surface area contributed by atoms with Crippen LogP contribution in [0.25, 0.3) is 11.0 Å². The van der Waals surface area contributed by atoms with Crippen molar-refractivity contribution < 1.29 is 9.47 Å².